The van der Waals surface area contributed by atoms with Gasteiger partial charge in [-0.2, -0.15) is 0 Å². The molecule has 0 aliphatic carbocycles. The van der Waals surface area contributed by atoms with Gasteiger partial charge in [0.05, 0.1) is 32.7 Å². The van der Waals surface area contributed by atoms with E-state index < -0.39 is 12.1 Å². The van der Waals surface area contributed by atoms with Crippen molar-refractivity contribution in [3.05, 3.63) is 58.6 Å². The summed E-state index contributed by atoms with van der Waals surface area (Å²) in [4.78, 5) is 26.6. The lowest BCUT2D eigenvalue weighted by Crippen LogP contribution is -2.38. The maximum atomic E-state index is 13.2. The predicted octanol–water partition coefficient (Wildman–Crippen LogP) is 3.82. The van der Waals surface area contributed by atoms with Crippen molar-refractivity contribution in [1.82, 2.24) is 10.2 Å². The van der Waals surface area contributed by atoms with Gasteiger partial charge in [0, 0.05) is 11.6 Å². The Morgan fingerprint density at radius 3 is 2.60 bits per heavy atom. The highest BCUT2D eigenvalue weighted by molar-refractivity contribution is 6.31. The quantitative estimate of drug-likeness (QED) is 0.696. The van der Waals surface area contributed by atoms with Gasteiger partial charge in [-0.15, -0.1) is 0 Å². The Bertz CT molecular complexity index is 921. The molecule has 0 radical (unpaired) electrons. The minimum Gasteiger partial charge on any atom is -0.493 e. The number of nitrogens with one attached hydrogen (secondary N) is 1. The number of carbonyl (C=O) groups excluding carboxylic acids is 2. The zero-order chi connectivity index (χ0) is 21.7. The van der Waals surface area contributed by atoms with Gasteiger partial charge in [-0.25, -0.2) is 4.79 Å². The third kappa shape index (κ3) is 4.79. The number of primary amides is 1. The topological polar surface area (TPSA) is 93.9 Å². The molecule has 8 heteroatoms. The van der Waals surface area contributed by atoms with Gasteiger partial charge < -0.3 is 25.4 Å². The smallest absolute Gasteiger partial charge is 0.312 e. The molecule has 3 N–H and O–H groups in total. The minimum atomic E-state index is -0.703. The van der Waals surface area contributed by atoms with Crippen LogP contribution in [0, 0.1) is 0 Å². The van der Waals surface area contributed by atoms with Crippen LogP contribution in [0.15, 0.2) is 42.5 Å². The summed E-state index contributed by atoms with van der Waals surface area (Å²) in [5, 5.41) is 3.12. The van der Waals surface area contributed by atoms with E-state index in [1.165, 1.54) is 0 Å². The molecular formula is C22H26ClN3O4. The zero-order valence-corrected chi connectivity index (χ0v) is 17.8. The van der Waals surface area contributed by atoms with Gasteiger partial charge in [-0.3, -0.25) is 4.79 Å². The van der Waals surface area contributed by atoms with E-state index in [4.69, 9.17) is 26.8 Å². The van der Waals surface area contributed by atoms with Crippen LogP contribution >= 0.6 is 11.6 Å². The highest BCUT2D eigenvalue weighted by Crippen LogP contribution is 2.38. The molecule has 1 aliphatic heterocycles. The summed E-state index contributed by atoms with van der Waals surface area (Å²) in [6.45, 7) is 0.643. The summed E-state index contributed by atoms with van der Waals surface area (Å²) >= 11 is 6.29. The first-order valence-electron chi connectivity index (χ1n) is 9.76. The number of hydrogen-bond donors (Lipinski definition) is 2. The number of hydrogen-bond acceptors (Lipinski definition) is 4. The number of amides is 3. The molecule has 2 aromatic rings. The lowest BCUT2D eigenvalue weighted by Gasteiger charge is -2.28. The fourth-order valence-corrected chi connectivity index (χ4v) is 4.20. The Hall–Kier alpha value is -2.93. The Kier molecular flexibility index (Phi) is 7.05. The molecule has 30 heavy (non-hydrogen) atoms. The van der Waals surface area contributed by atoms with Crippen LogP contribution in [0.2, 0.25) is 5.02 Å². The average Bonchev–Trinajstić information content (AvgIpc) is 3.23. The molecule has 3 rings (SSSR count). The number of rotatable bonds is 7. The fourth-order valence-electron chi connectivity index (χ4n) is 3.93. The Balaban J connectivity index is 1.82. The van der Waals surface area contributed by atoms with Crippen molar-refractivity contribution in [3.8, 4) is 11.5 Å². The second-order valence-corrected chi connectivity index (χ2v) is 7.55. The number of methoxy groups -OCH3 is 2. The molecule has 0 spiro atoms. The summed E-state index contributed by atoms with van der Waals surface area (Å²) in [6, 6.07) is 11.4. The van der Waals surface area contributed by atoms with Crippen LogP contribution in [0.5, 0.6) is 11.5 Å². The highest BCUT2D eigenvalue weighted by Gasteiger charge is 2.32. The van der Waals surface area contributed by atoms with Crippen molar-refractivity contribution < 1.29 is 19.1 Å². The maximum Gasteiger partial charge on any atom is 0.312 e. The maximum absolute atomic E-state index is 13.2. The molecule has 1 fully saturated rings. The summed E-state index contributed by atoms with van der Waals surface area (Å²) in [5.41, 5.74) is 6.99. The Labute approximate surface area is 181 Å². The van der Waals surface area contributed by atoms with Crippen LogP contribution in [0.1, 0.15) is 42.5 Å². The summed E-state index contributed by atoms with van der Waals surface area (Å²) in [7, 11) is 3.17. The number of benzene rings is 2. The number of likely N-dealkylation sites (tertiary alicyclic amines) is 1. The van der Waals surface area contributed by atoms with Crippen molar-refractivity contribution in [2.24, 2.45) is 5.73 Å². The van der Waals surface area contributed by atoms with E-state index in [1.54, 1.807) is 32.4 Å². The van der Waals surface area contributed by atoms with E-state index in [1.807, 2.05) is 29.2 Å². The Morgan fingerprint density at radius 2 is 1.93 bits per heavy atom. The molecule has 0 saturated carbocycles. The normalized spacial score (nSPS) is 16.8. The lowest BCUT2D eigenvalue weighted by atomic mass is 10.0. The summed E-state index contributed by atoms with van der Waals surface area (Å²) in [5.74, 6) is 1.19. The van der Waals surface area contributed by atoms with Crippen LogP contribution in [0.4, 0.5) is 4.79 Å². The third-order valence-corrected chi connectivity index (χ3v) is 5.69. The van der Waals surface area contributed by atoms with Crippen LogP contribution in [0.3, 0.4) is 0 Å². The van der Waals surface area contributed by atoms with Crippen molar-refractivity contribution >= 4 is 23.5 Å². The molecule has 2 unspecified atom stereocenters. The standard InChI is InChI=1S/C22H26ClN3O4/c1-29-19-10-9-14(12-20(19)30-2)18-8-5-11-26(18)21(27)13-17(25-22(24)28)15-6-3-4-7-16(15)23/h3-4,6-7,9-10,12,17-18H,5,8,11,13H2,1-2H3,(H3,24,25,28). The molecule has 3 amide bonds. The average molecular weight is 432 g/mol. The van der Waals surface area contributed by atoms with Crippen LogP contribution in [0.25, 0.3) is 0 Å². The fraction of sp³-hybridized carbons (Fsp3) is 0.364. The zero-order valence-electron chi connectivity index (χ0n) is 17.1. The number of urea groups is 1. The van der Waals surface area contributed by atoms with E-state index in [2.05, 4.69) is 5.32 Å². The van der Waals surface area contributed by atoms with Crippen LogP contribution in [-0.4, -0.2) is 37.6 Å². The van der Waals surface area contributed by atoms with Gasteiger partial charge in [0.25, 0.3) is 0 Å². The largest absolute Gasteiger partial charge is 0.493 e. The van der Waals surface area contributed by atoms with E-state index >= 15 is 0 Å². The highest BCUT2D eigenvalue weighted by atomic mass is 35.5. The number of ether oxygens (including phenoxy) is 2. The monoisotopic (exact) mass is 431 g/mol. The molecule has 1 heterocycles. The first kappa shape index (κ1) is 21.8. The molecule has 1 aliphatic rings. The third-order valence-electron chi connectivity index (χ3n) is 5.34. The van der Waals surface area contributed by atoms with Crippen LogP contribution in [-0.2, 0) is 4.79 Å². The molecule has 0 aromatic heterocycles. The van der Waals surface area contributed by atoms with Crippen molar-refractivity contribution in [3.63, 3.8) is 0 Å². The molecule has 1 saturated heterocycles. The van der Waals surface area contributed by atoms with Gasteiger partial charge in [-0.05, 0) is 42.2 Å². The predicted molar refractivity (Wildman–Crippen MR) is 115 cm³/mol. The molecule has 7 nitrogen and oxygen atoms in total. The van der Waals surface area contributed by atoms with E-state index in [9.17, 15) is 9.59 Å². The summed E-state index contributed by atoms with van der Waals surface area (Å²) in [6.07, 6.45) is 1.81. The van der Waals surface area contributed by atoms with Crippen molar-refractivity contribution in [1.29, 1.82) is 0 Å². The number of nitrogens with two attached hydrogens (primary N) is 1. The first-order chi connectivity index (χ1) is 14.4. The number of carbonyl (C=O) groups is 2. The van der Waals surface area contributed by atoms with E-state index in [-0.39, 0.29) is 18.4 Å². The second kappa shape index (κ2) is 9.71. The van der Waals surface area contributed by atoms with Crippen LogP contribution < -0.4 is 20.5 Å². The molecule has 160 valence electrons. The number of nitrogens with zero attached hydrogens (tertiary/aromatic N) is 1. The van der Waals surface area contributed by atoms with Gasteiger partial charge in [0.15, 0.2) is 11.5 Å². The molecular weight excluding hydrogens is 406 g/mol. The Morgan fingerprint density at radius 1 is 1.20 bits per heavy atom. The molecule has 2 aromatic carbocycles. The second-order valence-electron chi connectivity index (χ2n) is 7.15. The molecule has 2 atom stereocenters. The van der Waals surface area contributed by atoms with Crippen molar-refractivity contribution in [2.75, 3.05) is 20.8 Å². The SMILES string of the molecule is COc1ccc(C2CCCN2C(=O)CC(NC(N)=O)c2ccccc2Cl)cc1OC. The van der Waals surface area contributed by atoms with Gasteiger partial charge >= 0.3 is 6.03 Å². The van der Waals surface area contributed by atoms with E-state index in [0.717, 1.165) is 18.4 Å². The molecule has 0 bridgehead atoms. The van der Waals surface area contributed by atoms with E-state index in [0.29, 0.717) is 28.6 Å². The number of halogens is 1. The van der Waals surface area contributed by atoms with Crippen molar-refractivity contribution in [2.45, 2.75) is 31.3 Å². The first-order valence-corrected chi connectivity index (χ1v) is 10.1. The van der Waals surface area contributed by atoms with Gasteiger partial charge in [0.1, 0.15) is 0 Å². The minimum absolute atomic E-state index is 0.0659. The van der Waals surface area contributed by atoms with Gasteiger partial charge in [0.2, 0.25) is 5.91 Å². The summed E-state index contributed by atoms with van der Waals surface area (Å²) < 4.78 is 10.7. The van der Waals surface area contributed by atoms with Gasteiger partial charge in [-0.1, -0.05) is 35.9 Å². The lowest BCUT2D eigenvalue weighted by molar-refractivity contribution is -0.132.